The van der Waals surface area contributed by atoms with Gasteiger partial charge in [-0.2, -0.15) is 4.39 Å². The first-order valence-electron chi connectivity index (χ1n) is 11.9. The number of nitrogens with zero attached hydrogens (tertiary/aromatic N) is 2. The predicted molar refractivity (Wildman–Crippen MR) is 137 cm³/mol. The van der Waals surface area contributed by atoms with Crippen LogP contribution < -0.4 is 10.6 Å². The summed E-state index contributed by atoms with van der Waals surface area (Å²) in [6.07, 6.45) is 4.46. The first kappa shape index (κ1) is 25.3. The van der Waals surface area contributed by atoms with E-state index in [1.54, 1.807) is 0 Å². The number of aryl methyl sites for hydroxylation is 2. The summed E-state index contributed by atoms with van der Waals surface area (Å²) in [6, 6.07) is 12.9. The molecule has 35 heavy (non-hydrogen) atoms. The number of amides is 2. The van der Waals surface area contributed by atoms with Gasteiger partial charge in [0.1, 0.15) is 5.82 Å². The molecule has 0 aliphatic carbocycles. The summed E-state index contributed by atoms with van der Waals surface area (Å²) in [5, 5.41) is 5.64. The van der Waals surface area contributed by atoms with E-state index >= 15 is 0 Å². The molecule has 0 bridgehead atoms. The fourth-order valence-electron chi connectivity index (χ4n) is 4.71. The van der Waals surface area contributed by atoms with Crippen molar-refractivity contribution in [2.75, 3.05) is 25.0 Å². The number of anilines is 1. The fourth-order valence-corrected chi connectivity index (χ4v) is 5.44. The highest BCUT2D eigenvalue weighted by Gasteiger charge is 2.43. The summed E-state index contributed by atoms with van der Waals surface area (Å²) in [7, 11) is 0. The van der Waals surface area contributed by atoms with Crippen LogP contribution in [0.2, 0.25) is 0 Å². The van der Waals surface area contributed by atoms with Crippen LogP contribution in [0.1, 0.15) is 42.8 Å². The van der Waals surface area contributed by atoms with Gasteiger partial charge in [-0.3, -0.25) is 9.88 Å². The molecule has 1 unspecified atom stereocenters. The summed E-state index contributed by atoms with van der Waals surface area (Å²) in [5.74, 6) is -0.350. The minimum atomic E-state index is -0.350. The average molecular weight is 499 g/mol. The highest BCUT2D eigenvalue weighted by Crippen LogP contribution is 2.41. The normalized spacial score (nSPS) is 18.5. The Morgan fingerprint density at radius 2 is 1.91 bits per heavy atom. The molecule has 1 aromatic carbocycles. The lowest BCUT2D eigenvalue weighted by molar-refractivity contribution is 0.127. The molecule has 3 aromatic rings. The second kappa shape index (κ2) is 10.4. The molecule has 1 aliphatic heterocycles. The van der Waals surface area contributed by atoms with Gasteiger partial charge in [-0.25, -0.2) is 9.18 Å². The van der Waals surface area contributed by atoms with Gasteiger partial charge in [-0.15, -0.1) is 11.3 Å². The van der Waals surface area contributed by atoms with Crippen molar-refractivity contribution >= 4 is 23.1 Å². The number of pyridine rings is 1. The maximum absolute atomic E-state index is 13.6. The van der Waals surface area contributed by atoms with Gasteiger partial charge in [0.2, 0.25) is 0 Å². The van der Waals surface area contributed by atoms with Crippen molar-refractivity contribution in [2.45, 2.75) is 45.6 Å². The third-order valence-corrected chi connectivity index (χ3v) is 8.04. The van der Waals surface area contributed by atoms with Crippen molar-refractivity contribution in [3.8, 4) is 0 Å². The number of hydrogen-bond acceptors (Lipinski definition) is 4. The molecule has 1 atom stereocenters. The largest absolute Gasteiger partial charge is 0.337 e. The Morgan fingerprint density at radius 1 is 1.14 bits per heavy atom. The lowest BCUT2D eigenvalue weighted by Crippen LogP contribution is -2.45. The van der Waals surface area contributed by atoms with E-state index in [1.165, 1.54) is 41.7 Å². The molecule has 4 rings (SSSR count). The summed E-state index contributed by atoms with van der Waals surface area (Å²) < 4.78 is 26.7. The highest BCUT2D eigenvalue weighted by atomic mass is 32.1. The molecule has 8 heteroatoms. The van der Waals surface area contributed by atoms with Crippen LogP contribution >= 0.6 is 11.3 Å². The third kappa shape index (κ3) is 6.24. The molecule has 3 heterocycles. The van der Waals surface area contributed by atoms with E-state index in [1.807, 2.05) is 25.3 Å². The Morgan fingerprint density at radius 3 is 2.57 bits per heavy atom. The standard InChI is InChI=1S/C27H32F2N4OS/c1-19-4-5-20(16-30-19)26(2,3)33-15-14-27(18-33,13-12-23-10-11-24(29)35-23)17-31-25(34)32-22-8-6-21(28)7-9-22/h4-11,16H,12-15,17-18H2,1-3H3,(H2,31,32,34). The minimum absolute atomic E-state index is 0.157. The minimum Gasteiger partial charge on any atom is -0.337 e. The number of hydrogen-bond donors (Lipinski definition) is 2. The van der Waals surface area contributed by atoms with Crippen LogP contribution in [-0.4, -0.2) is 35.5 Å². The van der Waals surface area contributed by atoms with Crippen LogP contribution in [-0.2, 0) is 12.0 Å². The van der Waals surface area contributed by atoms with Gasteiger partial charge in [-0.1, -0.05) is 6.07 Å². The molecule has 0 saturated carbocycles. The van der Waals surface area contributed by atoms with Crippen molar-refractivity contribution in [1.29, 1.82) is 0 Å². The van der Waals surface area contributed by atoms with E-state index in [0.29, 0.717) is 12.2 Å². The van der Waals surface area contributed by atoms with Crippen LogP contribution in [0.4, 0.5) is 19.3 Å². The zero-order valence-electron chi connectivity index (χ0n) is 20.4. The highest BCUT2D eigenvalue weighted by molar-refractivity contribution is 7.10. The molecule has 0 spiro atoms. The number of carbonyl (C=O) groups is 1. The van der Waals surface area contributed by atoms with E-state index in [9.17, 15) is 13.6 Å². The number of urea groups is 1. The number of carbonyl (C=O) groups excluding carboxylic acids is 1. The van der Waals surface area contributed by atoms with Gasteiger partial charge in [0, 0.05) is 46.5 Å². The molecule has 1 saturated heterocycles. The van der Waals surface area contributed by atoms with Gasteiger partial charge in [0.05, 0.1) is 0 Å². The number of likely N-dealkylation sites (tertiary alicyclic amines) is 1. The van der Waals surface area contributed by atoms with E-state index in [0.717, 1.165) is 48.5 Å². The van der Waals surface area contributed by atoms with Crippen molar-refractivity contribution in [3.05, 3.63) is 81.8 Å². The number of halogens is 2. The van der Waals surface area contributed by atoms with E-state index < -0.39 is 0 Å². The molecular weight excluding hydrogens is 466 g/mol. The fraction of sp³-hybridized carbons (Fsp3) is 0.407. The van der Waals surface area contributed by atoms with Crippen LogP contribution in [0, 0.1) is 23.3 Å². The lowest BCUT2D eigenvalue weighted by atomic mass is 9.81. The molecule has 186 valence electrons. The van der Waals surface area contributed by atoms with Gasteiger partial charge >= 0.3 is 6.03 Å². The zero-order valence-corrected chi connectivity index (χ0v) is 21.2. The van der Waals surface area contributed by atoms with Crippen molar-refractivity contribution < 1.29 is 13.6 Å². The van der Waals surface area contributed by atoms with Gasteiger partial charge in [0.25, 0.3) is 0 Å². The van der Waals surface area contributed by atoms with Gasteiger partial charge in [0.15, 0.2) is 5.13 Å². The summed E-state index contributed by atoms with van der Waals surface area (Å²) in [5.41, 5.74) is 2.30. The maximum atomic E-state index is 13.6. The SMILES string of the molecule is Cc1ccc(C(C)(C)N2CCC(CCc3ccc(F)s3)(CNC(=O)Nc3ccc(F)cc3)C2)cn1. The molecule has 5 nitrogen and oxygen atoms in total. The monoisotopic (exact) mass is 498 g/mol. The van der Waals surface area contributed by atoms with Crippen LogP contribution in [0.5, 0.6) is 0 Å². The molecule has 0 radical (unpaired) electrons. The first-order chi connectivity index (χ1) is 16.6. The number of nitrogens with one attached hydrogen (secondary N) is 2. The van der Waals surface area contributed by atoms with E-state index in [2.05, 4.69) is 40.4 Å². The first-order valence-corrected chi connectivity index (χ1v) is 12.7. The quantitative estimate of drug-likeness (QED) is 0.394. The molecule has 1 fully saturated rings. The van der Waals surface area contributed by atoms with Gasteiger partial charge < -0.3 is 10.6 Å². The second-order valence-electron chi connectivity index (χ2n) is 9.94. The molecule has 2 aromatic heterocycles. The second-order valence-corrected chi connectivity index (χ2v) is 11.1. The predicted octanol–water partition coefficient (Wildman–Crippen LogP) is 6.11. The lowest BCUT2D eigenvalue weighted by Gasteiger charge is -2.38. The summed E-state index contributed by atoms with van der Waals surface area (Å²) in [6.45, 7) is 8.58. The Kier molecular flexibility index (Phi) is 7.52. The third-order valence-electron chi connectivity index (χ3n) is 7.10. The van der Waals surface area contributed by atoms with E-state index in [4.69, 9.17) is 0 Å². The van der Waals surface area contributed by atoms with Crippen LogP contribution in [0.3, 0.4) is 0 Å². The molecule has 2 amide bonds. The van der Waals surface area contributed by atoms with Crippen molar-refractivity contribution in [2.24, 2.45) is 5.41 Å². The number of rotatable bonds is 8. The summed E-state index contributed by atoms with van der Waals surface area (Å²) in [4.78, 5) is 20.6. The Hall–Kier alpha value is -2.84. The maximum Gasteiger partial charge on any atom is 0.319 e. The van der Waals surface area contributed by atoms with Crippen molar-refractivity contribution in [1.82, 2.24) is 15.2 Å². The van der Waals surface area contributed by atoms with Crippen LogP contribution in [0.15, 0.2) is 54.7 Å². The van der Waals surface area contributed by atoms with Crippen molar-refractivity contribution in [3.63, 3.8) is 0 Å². The van der Waals surface area contributed by atoms with E-state index in [-0.39, 0.29) is 27.9 Å². The topological polar surface area (TPSA) is 57.3 Å². The Labute approximate surface area is 209 Å². The summed E-state index contributed by atoms with van der Waals surface area (Å²) >= 11 is 1.18. The van der Waals surface area contributed by atoms with Gasteiger partial charge in [-0.05, 0) is 94.6 Å². The zero-order chi connectivity index (χ0) is 25.1. The number of benzene rings is 1. The molecular formula is C27H32F2N4OS. The molecule has 1 aliphatic rings. The number of aromatic nitrogens is 1. The van der Waals surface area contributed by atoms with Crippen LogP contribution in [0.25, 0.3) is 0 Å². The Balaban J connectivity index is 1.46. The Bertz CT molecular complexity index is 1150. The number of thiophene rings is 1. The smallest absolute Gasteiger partial charge is 0.319 e. The molecule has 2 N–H and O–H groups in total. The average Bonchev–Trinajstić information content (AvgIpc) is 3.45.